The first kappa shape index (κ1) is 20.3. The first-order valence-corrected chi connectivity index (χ1v) is 10.1. The molecule has 0 spiro atoms. The van der Waals surface area contributed by atoms with Gasteiger partial charge in [-0.2, -0.15) is 10.2 Å². The summed E-state index contributed by atoms with van der Waals surface area (Å²) < 4.78 is 8.03. The lowest BCUT2D eigenvalue weighted by molar-refractivity contribution is -0.122. The second-order valence-electron chi connectivity index (χ2n) is 7.11. The summed E-state index contributed by atoms with van der Waals surface area (Å²) in [5.41, 5.74) is 2.45. The highest BCUT2D eigenvalue weighted by molar-refractivity contribution is 5.76. The molecular formula is C23H23N5O3. The van der Waals surface area contributed by atoms with Crippen LogP contribution in [0.25, 0.3) is 16.8 Å². The molecule has 2 heterocycles. The first-order chi connectivity index (χ1) is 15.0. The van der Waals surface area contributed by atoms with Gasteiger partial charge in [0.25, 0.3) is 5.56 Å². The third kappa shape index (κ3) is 4.48. The van der Waals surface area contributed by atoms with Gasteiger partial charge in [-0.25, -0.2) is 9.20 Å². The summed E-state index contributed by atoms with van der Waals surface area (Å²) in [6, 6.07) is 18.6. The second-order valence-corrected chi connectivity index (χ2v) is 7.11. The largest absolute Gasteiger partial charge is 0.494 e. The van der Waals surface area contributed by atoms with Crippen LogP contribution in [-0.4, -0.2) is 31.9 Å². The zero-order chi connectivity index (χ0) is 21.8. The number of nitrogens with one attached hydrogen (secondary N) is 1. The van der Waals surface area contributed by atoms with Crippen molar-refractivity contribution in [3.05, 3.63) is 82.9 Å². The number of aromatic nitrogens is 4. The van der Waals surface area contributed by atoms with Gasteiger partial charge in [-0.3, -0.25) is 9.59 Å². The molecule has 0 aliphatic carbocycles. The van der Waals surface area contributed by atoms with Crippen LogP contribution in [0.4, 0.5) is 0 Å². The van der Waals surface area contributed by atoms with Gasteiger partial charge in [0.1, 0.15) is 24.1 Å². The highest BCUT2D eigenvalue weighted by Crippen LogP contribution is 2.21. The topological polar surface area (TPSA) is 90.5 Å². The number of hydrogen-bond donors (Lipinski definition) is 1. The molecule has 31 heavy (non-hydrogen) atoms. The summed E-state index contributed by atoms with van der Waals surface area (Å²) >= 11 is 0. The average molecular weight is 417 g/mol. The van der Waals surface area contributed by atoms with E-state index >= 15 is 0 Å². The van der Waals surface area contributed by atoms with Crippen molar-refractivity contribution in [1.29, 1.82) is 0 Å². The smallest absolute Gasteiger partial charge is 0.293 e. The molecule has 8 nitrogen and oxygen atoms in total. The predicted molar refractivity (Wildman–Crippen MR) is 117 cm³/mol. The van der Waals surface area contributed by atoms with Crippen molar-refractivity contribution in [2.45, 2.75) is 26.4 Å². The molecular weight excluding hydrogens is 394 g/mol. The lowest BCUT2D eigenvalue weighted by Crippen LogP contribution is -2.35. The predicted octanol–water partition coefficient (Wildman–Crippen LogP) is 2.83. The van der Waals surface area contributed by atoms with E-state index in [1.807, 2.05) is 68.4 Å². The molecule has 4 rings (SSSR count). The van der Waals surface area contributed by atoms with E-state index < -0.39 is 0 Å². The quantitative estimate of drug-likeness (QED) is 0.499. The molecule has 0 unspecified atom stereocenters. The summed E-state index contributed by atoms with van der Waals surface area (Å²) in [4.78, 5) is 25.3. The average Bonchev–Trinajstić information content (AvgIpc) is 3.22. The van der Waals surface area contributed by atoms with Gasteiger partial charge >= 0.3 is 0 Å². The fraction of sp³-hybridized carbons (Fsp3) is 0.217. The monoisotopic (exact) mass is 417 g/mol. The molecule has 0 fully saturated rings. The number of ether oxygens (including phenoxy) is 1. The highest BCUT2D eigenvalue weighted by Gasteiger charge is 2.14. The minimum Gasteiger partial charge on any atom is -0.494 e. The van der Waals surface area contributed by atoms with Crippen molar-refractivity contribution >= 4 is 11.4 Å². The van der Waals surface area contributed by atoms with Crippen LogP contribution in [0.3, 0.4) is 0 Å². The van der Waals surface area contributed by atoms with E-state index in [-0.39, 0.29) is 24.1 Å². The number of hydrogen-bond acceptors (Lipinski definition) is 5. The maximum absolute atomic E-state index is 12.8. The van der Waals surface area contributed by atoms with Crippen LogP contribution in [0.2, 0.25) is 0 Å². The lowest BCUT2D eigenvalue weighted by atomic mass is 10.1. The van der Waals surface area contributed by atoms with Crippen LogP contribution in [0, 0.1) is 0 Å². The molecule has 0 saturated carbocycles. The maximum Gasteiger partial charge on any atom is 0.293 e. The van der Waals surface area contributed by atoms with Crippen LogP contribution in [0.5, 0.6) is 5.75 Å². The van der Waals surface area contributed by atoms with Crippen molar-refractivity contribution in [3.8, 4) is 17.0 Å². The van der Waals surface area contributed by atoms with E-state index in [9.17, 15) is 9.59 Å². The Bertz CT molecular complexity index is 1250. The summed E-state index contributed by atoms with van der Waals surface area (Å²) in [5.74, 6) is 0.483. The van der Waals surface area contributed by atoms with E-state index in [0.29, 0.717) is 17.8 Å². The summed E-state index contributed by atoms with van der Waals surface area (Å²) in [6.45, 7) is 4.25. The molecule has 2 aromatic heterocycles. The van der Waals surface area contributed by atoms with Gasteiger partial charge in [-0.1, -0.05) is 30.3 Å². The normalized spacial score (nSPS) is 11.9. The number of fused-ring (bicyclic) bond motifs is 1. The molecule has 0 radical (unpaired) electrons. The molecule has 1 N–H and O–H groups in total. The Morgan fingerprint density at radius 3 is 2.58 bits per heavy atom. The molecule has 0 aliphatic heterocycles. The van der Waals surface area contributed by atoms with Gasteiger partial charge in [0.15, 0.2) is 0 Å². The van der Waals surface area contributed by atoms with Gasteiger partial charge in [-0.15, -0.1) is 0 Å². The van der Waals surface area contributed by atoms with Crippen molar-refractivity contribution in [2.75, 3.05) is 6.61 Å². The Labute approximate surface area is 179 Å². The third-order valence-corrected chi connectivity index (χ3v) is 4.92. The minimum absolute atomic E-state index is 0.171. The van der Waals surface area contributed by atoms with Crippen LogP contribution < -0.4 is 15.6 Å². The molecule has 0 bridgehead atoms. The van der Waals surface area contributed by atoms with E-state index in [1.165, 1.54) is 10.8 Å². The van der Waals surface area contributed by atoms with Gasteiger partial charge < -0.3 is 10.1 Å². The summed E-state index contributed by atoms with van der Waals surface area (Å²) in [5, 5.41) is 11.4. The molecule has 8 heteroatoms. The van der Waals surface area contributed by atoms with Crippen LogP contribution in [-0.2, 0) is 11.3 Å². The van der Waals surface area contributed by atoms with Crippen molar-refractivity contribution in [1.82, 2.24) is 24.7 Å². The van der Waals surface area contributed by atoms with E-state index in [0.717, 1.165) is 21.6 Å². The molecule has 2 aromatic carbocycles. The van der Waals surface area contributed by atoms with E-state index in [1.54, 1.807) is 6.07 Å². The molecule has 4 aromatic rings. The number of carbonyl (C=O) groups excluding carboxylic acids is 1. The molecule has 0 aliphatic rings. The van der Waals surface area contributed by atoms with Gasteiger partial charge in [0.2, 0.25) is 5.91 Å². The Morgan fingerprint density at radius 2 is 1.87 bits per heavy atom. The standard InChI is InChI=1S/C23H23N5O3/c1-3-31-19-11-9-18(10-12-19)20-13-21-23(30)27(24-15-28(21)26-20)14-22(29)25-16(2)17-7-5-4-6-8-17/h4-13,15-16H,3,14H2,1-2H3,(H,25,29)/t16-/m0/s1. The fourth-order valence-corrected chi connectivity index (χ4v) is 3.33. The van der Waals surface area contributed by atoms with Gasteiger partial charge in [0.05, 0.1) is 18.3 Å². The maximum atomic E-state index is 12.8. The second kappa shape index (κ2) is 8.83. The van der Waals surface area contributed by atoms with Crippen LogP contribution in [0.1, 0.15) is 25.5 Å². The lowest BCUT2D eigenvalue weighted by Gasteiger charge is -2.14. The first-order valence-electron chi connectivity index (χ1n) is 10.1. The van der Waals surface area contributed by atoms with Gasteiger partial charge in [-0.05, 0) is 49.7 Å². The SMILES string of the molecule is CCOc1ccc(-c2cc3c(=O)n(CC(=O)N[C@@H](C)c4ccccc4)ncn3n2)cc1. The number of carbonyl (C=O) groups is 1. The fourth-order valence-electron chi connectivity index (χ4n) is 3.33. The molecule has 0 saturated heterocycles. The Hall–Kier alpha value is -3.94. The summed E-state index contributed by atoms with van der Waals surface area (Å²) in [7, 11) is 0. The Morgan fingerprint density at radius 1 is 1.13 bits per heavy atom. The number of benzene rings is 2. The Kier molecular flexibility index (Phi) is 5.79. The van der Waals surface area contributed by atoms with Crippen LogP contribution >= 0.6 is 0 Å². The van der Waals surface area contributed by atoms with Gasteiger partial charge in [0, 0.05) is 5.56 Å². The number of nitrogens with zero attached hydrogens (tertiary/aromatic N) is 4. The van der Waals surface area contributed by atoms with Crippen molar-refractivity contribution < 1.29 is 9.53 Å². The van der Waals surface area contributed by atoms with Crippen molar-refractivity contribution in [2.24, 2.45) is 0 Å². The highest BCUT2D eigenvalue weighted by atomic mass is 16.5. The van der Waals surface area contributed by atoms with Crippen LogP contribution in [0.15, 0.2) is 71.8 Å². The zero-order valence-corrected chi connectivity index (χ0v) is 17.4. The molecule has 1 amide bonds. The molecule has 1 atom stereocenters. The zero-order valence-electron chi connectivity index (χ0n) is 17.4. The minimum atomic E-state index is -0.380. The van der Waals surface area contributed by atoms with E-state index in [2.05, 4.69) is 15.5 Å². The summed E-state index contributed by atoms with van der Waals surface area (Å²) in [6.07, 6.45) is 1.43. The van der Waals surface area contributed by atoms with Crippen molar-refractivity contribution in [3.63, 3.8) is 0 Å². The molecule has 158 valence electrons. The Balaban J connectivity index is 1.52. The number of rotatable bonds is 7. The number of amides is 1. The van der Waals surface area contributed by atoms with E-state index in [4.69, 9.17) is 4.74 Å². The third-order valence-electron chi connectivity index (χ3n) is 4.92.